The zero-order valence-corrected chi connectivity index (χ0v) is 20.4. The van der Waals surface area contributed by atoms with Crippen LogP contribution in [0.4, 0.5) is 4.79 Å². The van der Waals surface area contributed by atoms with Crippen molar-refractivity contribution in [2.45, 2.75) is 25.9 Å². The molecule has 0 unspecified atom stereocenters. The van der Waals surface area contributed by atoms with Crippen LogP contribution in [0, 0.1) is 6.92 Å². The van der Waals surface area contributed by atoms with Crippen LogP contribution in [-0.2, 0) is 17.8 Å². The summed E-state index contributed by atoms with van der Waals surface area (Å²) in [7, 11) is 0. The number of hydrogen-bond acceptors (Lipinski definition) is 8. The summed E-state index contributed by atoms with van der Waals surface area (Å²) in [5.41, 5.74) is 7.19. The second-order valence-corrected chi connectivity index (χ2v) is 8.96. The number of benzene rings is 2. The molecule has 11 heteroatoms. The van der Waals surface area contributed by atoms with Crippen LogP contribution in [0.1, 0.15) is 44.5 Å². The highest BCUT2D eigenvalue weighted by atomic mass is 16.6. The monoisotopic (exact) mass is 509 g/mol. The number of aromatic nitrogens is 5. The van der Waals surface area contributed by atoms with E-state index >= 15 is 0 Å². The standard InChI is InChI=1S/C27H23N7O4/c1-16-25(33-38-32-16)26(35)28-13-18-14-34-24(31-18)10-17(12-30-34)11-29-27(36)37-15-23-21-8-4-2-6-19(21)20-7-3-5-9-22(20)23/h2-10,12,14,23H,11,13,15H2,1H3,(H,28,35)(H,29,36). The van der Waals surface area contributed by atoms with Crippen molar-refractivity contribution in [2.24, 2.45) is 0 Å². The predicted octanol–water partition coefficient (Wildman–Crippen LogP) is 3.39. The van der Waals surface area contributed by atoms with Crippen molar-refractivity contribution in [3.63, 3.8) is 0 Å². The molecular formula is C27H23N7O4. The molecule has 5 aromatic rings. The number of imidazole rings is 1. The molecule has 0 aliphatic heterocycles. The molecule has 2 amide bonds. The molecule has 11 nitrogen and oxygen atoms in total. The van der Waals surface area contributed by atoms with Crippen LogP contribution >= 0.6 is 0 Å². The maximum absolute atomic E-state index is 12.5. The molecule has 0 atom stereocenters. The van der Waals surface area contributed by atoms with Gasteiger partial charge in [-0.1, -0.05) is 53.7 Å². The van der Waals surface area contributed by atoms with Crippen molar-refractivity contribution >= 4 is 17.6 Å². The zero-order chi connectivity index (χ0) is 26.1. The summed E-state index contributed by atoms with van der Waals surface area (Å²) in [5, 5.41) is 17.0. The fourth-order valence-electron chi connectivity index (χ4n) is 4.66. The molecule has 1 aliphatic carbocycles. The number of rotatable bonds is 7. The van der Waals surface area contributed by atoms with Crippen LogP contribution in [0.15, 0.2) is 71.6 Å². The van der Waals surface area contributed by atoms with E-state index in [1.807, 2.05) is 30.3 Å². The fraction of sp³-hybridized carbons (Fsp3) is 0.185. The number of alkyl carbamates (subject to hydrolysis) is 1. The van der Waals surface area contributed by atoms with Gasteiger partial charge in [0.1, 0.15) is 12.3 Å². The van der Waals surface area contributed by atoms with E-state index in [1.54, 1.807) is 23.8 Å². The van der Waals surface area contributed by atoms with Gasteiger partial charge < -0.3 is 15.4 Å². The first-order valence-corrected chi connectivity index (χ1v) is 12.1. The molecule has 0 saturated carbocycles. The molecule has 1 aliphatic rings. The molecular weight excluding hydrogens is 486 g/mol. The lowest BCUT2D eigenvalue weighted by atomic mass is 9.98. The Bertz CT molecular complexity index is 1610. The summed E-state index contributed by atoms with van der Waals surface area (Å²) in [5.74, 6) is -0.402. The second-order valence-electron chi connectivity index (χ2n) is 8.96. The molecule has 0 bridgehead atoms. The Kier molecular flexibility index (Phi) is 6.00. The van der Waals surface area contributed by atoms with Crippen molar-refractivity contribution < 1.29 is 19.0 Å². The summed E-state index contributed by atoms with van der Waals surface area (Å²) in [6.07, 6.45) is 2.86. The Hall–Kier alpha value is -5.06. The number of hydrogen-bond donors (Lipinski definition) is 2. The lowest BCUT2D eigenvalue weighted by Crippen LogP contribution is -2.25. The molecule has 0 fully saturated rings. The number of ether oxygens (including phenoxy) is 1. The third-order valence-corrected chi connectivity index (χ3v) is 6.50. The molecule has 3 heterocycles. The lowest BCUT2D eigenvalue weighted by molar-refractivity contribution is 0.0940. The maximum Gasteiger partial charge on any atom is 0.407 e. The van der Waals surface area contributed by atoms with Gasteiger partial charge in [0.05, 0.1) is 24.6 Å². The van der Waals surface area contributed by atoms with Gasteiger partial charge in [-0.15, -0.1) is 0 Å². The Morgan fingerprint density at radius 1 is 1.00 bits per heavy atom. The van der Waals surface area contributed by atoms with Crippen LogP contribution in [-0.4, -0.2) is 43.5 Å². The first-order valence-electron chi connectivity index (χ1n) is 12.1. The van der Waals surface area contributed by atoms with Gasteiger partial charge in [-0.2, -0.15) is 5.10 Å². The van der Waals surface area contributed by atoms with E-state index in [-0.39, 0.29) is 31.3 Å². The lowest BCUT2D eigenvalue weighted by Gasteiger charge is -2.14. The molecule has 2 N–H and O–H groups in total. The number of carbonyl (C=O) groups excluding carboxylic acids is 2. The average molecular weight is 510 g/mol. The van der Waals surface area contributed by atoms with Gasteiger partial charge in [0.15, 0.2) is 11.3 Å². The van der Waals surface area contributed by atoms with Crippen LogP contribution in [0.2, 0.25) is 0 Å². The first-order chi connectivity index (χ1) is 18.6. The van der Waals surface area contributed by atoms with Gasteiger partial charge in [-0.05, 0) is 46.0 Å². The maximum atomic E-state index is 12.5. The quantitative estimate of drug-likeness (QED) is 0.341. The molecule has 0 saturated heterocycles. The number of nitrogens with one attached hydrogen (secondary N) is 2. The Morgan fingerprint density at radius 2 is 1.74 bits per heavy atom. The number of nitrogens with zero attached hydrogens (tertiary/aromatic N) is 5. The largest absolute Gasteiger partial charge is 0.449 e. The van der Waals surface area contributed by atoms with E-state index < -0.39 is 12.0 Å². The van der Waals surface area contributed by atoms with Crippen LogP contribution in [0.3, 0.4) is 0 Å². The zero-order valence-electron chi connectivity index (χ0n) is 20.4. The molecule has 3 aromatic heterocycles. The summed E-state index contributed by atoms with van der Waals surface area (Å²) >= 11 is 0. The van der Waals surface area contributed by atoms with Crippen LogP contribution < -0.4 is 10.6 Å². The second kappa shape index (κ2) is 9.77. The van der Waals surface area contributed by atoms with E-state index in [0.717, 1.165) is 16.7 Å². The SMILES string of the molecule is Cc1nonc1C(=O)NCc1cn2ncc(CNC(=O)OCC3c4ccccc4-c4ccccc43)cc2n1. The minimum atomic E-state index is -0.504. The first kappa shape index (κ1) is 23.3. The van der Waals surface area contributed by atoms with Gasteiger partial charge in [-0.3, -0.25) is 4.79 Å². The molecule has 2 aromatic carbocycles. The van der Waals surface area contributed by atoms with E-state index in [0.29, 0.717) is 17.0 Å². The van der Waals surface area contributed by atoms with Crippen molar-refractivity contribution in [3.05, 3.63) is 101 Å². The summed E-state index contributed by atoms with van der Waals surface area (Å²) in [6, 6.07) is 18.2. The topological polar surface area (TPSA) is 137 Å². The predicted molar refractivity (Wildman–Crippen MR) is 135 cm³/mol. The smallest absolute Gasteiger partial charge is 0.407 e. The third-order valence-electron chi connectivity index (χ3n) is 6.50. The molecule has 0 radical (unpaired) electrons. The van der Waals surface area contributed by atoms with Gasteiger partial charge in [-0.25, -0.2) is 18.9 Å². The average Bonchev–Trinajstić information content (AvgIpc) is 3.64. The summed E-state index contributed by atoms with van der Waals surface area (Å²) in [6.45, 7) is 2.30. The number of amides is 2. The van der Waals surface area contributed by atoms with Crippen molar-refractivity contribution in [2.75, 3.05) is 6.61 Å². The number of aryl methyl sites for hydroxylation is 1. The molecule has 0 spiro atoms. The van der Waals surface area contributed by atoms with Gasteiger partial charge in [0.25, 0.3) is 5.91 Å². The number of fused-ring (bicyclic) bond motifs is 4. The molecule has 38 heavy (non-hydrogen) atoms. The Balaban J connectivity index is 1.05. The third kappa shape index (κ3) is 4.45. The summed E-state index contributed by atoms with van der Waals surface area (Å²) in [4.78, 5) is 29.2. The highest BCUT2D eigenvalue weighted by Crippen LogP contribution is 2.44. The minimum absolute atomic E-state index is 0.000496. The molecule has 6 rings (SSSR count). The Labute approximate surface area is 216 Å². The van der Waals surface area contributed by atoms with E-state index in [9.17, 15) is 9.59 Å². The molecule has 190 valence electrons. The van der Waals surface area contributed by atoms with E-state index in [2.05, 4.69) is 59.9 Å². The highest BCUT2D eigenvalue weighted by molar-refractivity contribution is 5.92. The van der Waals surface area contributed by atoms with Crippen molar-refractivity contribution in [3.8, 4) is 11.1 Å². The van der Waals surface area contributed by atoms with E-state index in [4.69, 9.17) is 4.74 Å². The van der Waals surface area contributed by atoms with E-state index in [1.165, 1.54) is 11.1 Å². The number of carbonyl (C=O) groups is 2. The van der Waals surface area contributed by atoms with Gasteiger partial charge in [0.2, 0.25) is 0 Å². The highest BCUT2D eigenvalue weighted by Gasteiger charge is 2.29. The van der Waals surface area contributed by atoms with Crippen molar-refractivity contribution in [1.29, 1.82) is 0 Å². The summed E-state index contributed by atoms with van der Waals surface area (Å²) < 4.78 is 11.8. The fourth-order valence-corrected chi connectivity index (χ4v) is 4.66. The van der Waals surface area contributed by atoms with Gasteiger partial charge >= 0.3 is 6.09 Å². The minimum Gasteiger partial charge on any atom is -0.449 e. The van der Waals surface area contributed by atoms with Crippen molar-refractivity contribution in [1.82, 2.24) is 35.5 Å². The van der Waals surface area contributed by atoms with Gasteiger partial charge in [0, 0.05) is 12.5 Å². The van der Waals surface area contributed by atoms with Crippen LogP contribution in [0.5, 0.6) is 0 Å². The normalized spacial score (nSPS) is 12.2. The van der Waals surface area contributed by atoms with Crippen LogP contribution in [0.25, 0.3) is 16.8 Å². The Morgan fingerprint density at radius 3 is 2.45 bits per heavy atom.